The molecule has 19 heavy (non-hydrogen) atoms. The highest BCUT2D eigenvalue weighted by atomic mass is 35.5. The van der Waals surface area contributed by atoms with Gasteiger partial charge >= 0.3 is 0 Å². The highest BCUT2D eigenvalue weighted by molar-refractivity contribution is 6.36. The fraction of sp³-hybridized carbons (Fsp3) is 0.500. The fourth-order valence-electron chi connectivity index (χ4n) is 2.31. The minimum absolute atomic E-state index is 0.0453. The van der Waals surface area contributed by atoms with E-state index in [0.717, 1.165) is 19.3 Å². The molecule has 1 aromatic carbocycles. The number of carbonyl (C=O) groups excluding carboxylic acids is 1. The second kappa shape index (κ2) is 5.70. The van der Waals surface area contributed by atoms with Crippen molar-refractivity contribution in [2.45, 2.75) is 31.3 Å². The second-order valence-electron chi connectivity index (χ2n) is 4.81. The lowest BCUT2D eigenvalue weighted by molar-refractivity contribution is -0.0704. The summed E-state index contributed by atoms with van der Waals surface area (Å²) in [6, 6.07) is 3.13. The average Bonchev–Trinajstić information content (AvgIpc) is 2.35. The molecule has 0 bridgehead atoms. The molecule has 0 spiro atoms. The summed E-state index contributed by atoms with van der Waals surface area (Å²) >= 11 is 12.1. The van der Waals surface area contributed by atoms with Crippen molar-refractivity contribution in [1.29, 1.82) is 0 Å². The summed E-state index contributed by atoms with van der Waals surface area (Å²) in [5, 5.41) is 0.743. The molecule has 1 aliphatic carbocycles. The van der Waals surface area contributed by atoms with Crippen LogP contribution in [0, 0.1) is 0 Å². The zero-order valence-corrected chi connectivity index (χ0v) is 12.5. The van der Waals surface area contributed by atoms with Crippen molar-refractivity contribution < 1.29 is 14.3 Å². The molecule has 104 valence electrons. The van der Waals surface area contributed by atoms with E-state index in [4.69, 9.17) is 32.7 Å². The van der Waals surface area contributed by atoms with Crippen molar-refractivity contribution in [2.24, 2.45) is 0 Å². The van der Waals surface area contributed by atoms with E-state index in [9.17, 15) is 4.79 Å². The van der Waals surface area contributed by atoms with Crippen LogP contribution in [0.25, 0.3) is 0 Å². The first-order valence-corrected chi connectivity index (χ1v) is 6.88. The Bertz CT molecular complexity index is 490. The first-order valence-electron chi connectivity index (χ1n) is 6.13. The monoisotopic (exact) mass is 302 g/mol. The van der Waals surface area contributed by atoms with E-state index >= 15 is 0 Å². The molecule has 1 aromatic rings. The van der Waals surface area contributed by atoms with E-state index in [-0.39, 0.29) is 11.4 Å². The number of rotatable bonds is 5. The molecule has 0 atom stereocenters. The van der Waals surface area contributed by atoms with Gasteiger partial charge in [-0.15, -0.1) is 0 Å². The van der Waals surface area contributed by atoms with E-state index in [2.05, 4.69) is 0 Å². The van der Waals surface area contributed by atoms with Crippen molar-refractivity contribution in [3.63, 3.8) is 0 Å². The number of ether oxygens (including phenoxy) is 2. The van der Waals surface area contributed by atoms with Crippen LogP contribution in [0.1, 0.15) is 36.0 Å². The maximum absolute atomic E-state index is 12.3. The quantitative estimate of drug-likeness (QED) is 0.767. The van der Waals surface area contributed by atoms with Gasteiger partial charge in [0.2, 0.25) is 0 Å². The molecule has 0 unspecified atom stereocenters. The molecular weight excluding hydrogens is 287 g/mol. The minimum atomic E-state index is -0.313. The van der Waals surface area contributed by atoms with Gasteiger partial charge in [0.25, 0.3) is 0 Å². The van der Waals surface area contributed by atoms with Crippen LogP contribution in [0.5, 0.6) is 5.75 Å². The number of ketones is 1. The van der Waals surface area contributed by atoms with Gasteiger partial charge in [0.05, 0.1) is 22.8 Å². The predicted molar refractivity (Wildman–Crippen MR) is 75.6 cm³/mol. The average molecular weight is 303 g/mol. The molecule has 0 radical (unpaired) electrons. The minimum Gasteiger partial charge on any atom is -0.495 e. The molecule has 0 amide bonds. The van der Waals surface area contributed by atoms with E-state index < -0.39 is 0 Å². The molecule has 0 heterocycles. The molecule has 0 N–H and O–H groups in total. The fourth-order valence-corrected chi connectivity index (χ4v) is 2.81. The van der Waals surface area contributed by atoms with Crippen LogP contribution >= 0.6 is 23.2 Å². The Labute approximate surface area is 122 Å². The molecular formula is C14H16Cl2O3. The lowest BCUT2D eigenvalue weighted by Crippen LogP contribution is -2.41. The Morgan fingerprint density at radius 2 is 1.95 bits per heavy atom. The Hall–Kier alpha value is -0.770. The molecule has 0 saturated heterocycles. The molecule has 2 rings (SSSR count). The molecule has 5 heteroatoms. The van der Waals surface area contributed by atoms with Crippen LogP contribution in [0.4, 0.5) is 0 Å². The number of benzene rings is 1. The number of hydrogen-bond acceptors (Lipinski definition) is 3. The van der Waals surface area contributed by atoms with Crippen LogP contribution < -0.4 is 4.74 Å². The summed E-state index contributed by atoms with van der Waals surface area (Å²) in [5.74, 6) is 0.421. The van der Waals surface area contributed by atoms with E-state index in [1.807, 2.05) is 0 Å². The molecule has 1 aliphatic rings. The third-order valence-electron chi connectivity index (χ3n) is 3.72. The number of carbonyl (C=O) groups is 1. The Balaban J connectivity index is 2.22. The Morgan fingerprint density at radius 1 is 1.26 bits per heavy atom. The second-order valence-corrected chi connectivity index (χ2v) is 5.62. The number of methoxy groups -OCH3 is 2. The van der Waals surface area contributed by atoms with Crippen molar-refractivity contribution >= 4 is 29.0 Å². The van der Waals surface area contributed by atoms with Crippen LogP contribution in [0.3, 0.4) is 0 Å². The molecule has 0 aliphatic heterocycles. The van der Waals surface area contributed by atoms with Gasteiger partial charge in [0, 0.05) is 25.2 Å². The lowest BCUT2D eigenvalue weighted by Gasteiger charge is -2.40. The molecule has 1 fully saturated rings. The Kier molecular flexibility index (Phi) is 4.39. The van der Waals surface area contributed by atoms with E-state index in [1.54, 1.807) is 19.2 Å². The standard InChI is InChI=1S/C14H16Cl2O3/c1-18-13-7-10(15)9(6-11(13)16)12(17)8-14(19-2)4-3-5-14/h6-7H,3-5,8H2,1-2H3. The normalized spacial score (nSPS) is 16.8. The third-order valence-corrected chi connectivity index (χ3v) is 4.33. The maximum Gasteiger partial charge on any atom is 0.167 e. The lowest BCUT2D eigenvalue weighted by atomic mass is 9.76. The van der Waals surface area contributed by atoms with Crippen LogP contribution in [0.2, 0.25) is 10.0 Å². The number of Topliss-reactive ketones (excluding diaryl/α,β-unsaturated/α-hetero) is 1. The predicted octanol–water partition coefficient (Wildman–Crippen LogP) is 4.14. The van der Waals surface area contributed by atoms with Gasteiger partial charge in [-0.3, -0.25) is 4.79 Å². The zero-order valence-electron chi connectivity index (χ0n) is 11.0. The number of hydrogen-bond donors (Lipinski definition) is 0. The SMILES string of the molecule is COc1cc(Cl)c(C(=O)CC2(OC)CCC2)cc1Cl. The first-order chi connectivity index (χ1) is 9.01. The highest BCUT2D eigenvalue weighted by Gasteiger charge is 2.39. The number of halogens is 2. The smallest absolute Gasteiger partial charge is 0.167 e. The van der Waals surface area contributed by atoms with Crippen LogP contribution in [0.15, 0.2) is 12.1 Å². The third kappa shape index (κ3) is 2.88. The topological polar surface area (TPSA) is 35.5 Å². The van der Waals surface area contributed by atoms with Gasteiger partial charge in [-0.2, -0.15) is 0 Å². The van der Waals surface area contributed by atoms with Crippen molar-refractivity contribution in [3.05, 3.63) is 27.7 Å². The zero-order chi connectivity index (χ0) is 14.0. The summed E-state index contributed by atoms with van der Waals surface area (Å²) in [5.41, 5.74) is 0.114. The summed E-state index contributed by atoms with van der Waals surface area (Å²) in [7, 11) is 3.16. The molecule has 0 aromatic heterocycles. The van der Waals surface area contributed by atoms with Crippen molar-refractivity contribution in [3.8, 4) is 5.75 Å². The largest absolute Gasteiger partial charge is 0.495 e. The first kappa shape index (κ1) is 14.6. The van der Waals surface area contributed by atoms with E-state index in [1.165, 1.54) is 7.11 Å². The summed E-state index contributed by atoms with van der Waals surface area (Å²) in [6.07, 6.45) is 3.26. The molecule has 1 saturated carbocycles. The summed E-state index contributed by atoms with van der Waals surface area (Å²) in [4.78, 5) is 12.3. The van der Waals surface area contributed by atoms with Gasteiger partial charge < -0.3 is 9.47 Å². The summed E-state index contributed by atoms with van der Waals surface area (Å²) in [6.45, 7) is 0. The van der Waals surface area contributed by atoms with Gasteiger partial charge in [-0.05, 0) is 25.3 Å². The Morgan fingerprint density at radius 3 is 2.42 bits per heavy atom. The van der Waals surface area contributed by atoms with Gasteiger partial charge in [-0.1, -0.05) is 23.2 Å². The van der Waals surface area contributed by atoms with Gasteiger partial charge in [0.1, 0.15) is 5.75 Å². The summed E-state index contributed by atoms with van der Waals surface area (Å²) < 4.78 is 10.5. The van der Waals surface area contributed by atoms with Crippen LogP contribution in [-0.4, -0.2) is 25.6 Å². The maximum atomic E-state index is 12.3. The molecule has 3 nitrogen and oxygen atoms in total. The van der Waals surface area contributed by atoms with Crippen molar-refractivity contribution in [2.75, 3.05) is 14.2 Å². The van der Waals surface area contributed by atoms with E-state index in [0.29, 0.717) is 27.8 Å². The van der Waals surface area contributed by atoms with Crippen molar-refractivity contribution in [1.82, 2.24) is 0 Å². The van der Waals surface area contributed by atoms with Crippen LogP contribution in [-0.2, 0) is 4.74 Å². The highest BCUT2D eigenvalue weighted by Crippen LogP contribution is 2.40. The van der Waals surface area contributed by atoms with Gasteiger partial charge in [-0.25, -0.2) is 0 Å². The van der Waals surface area contributed by atoms with Gasteiger partial charge in [0.15, 0.2) is 5.78 Å².